The average Bonchev–Trinajstić information content (AvgIpc) is 3.34. The quantitative estimate of drug-likeness (QED) is 0.248. The number of amides is 1. The van der Waals surface area contributed by atoms with Gasteiger partial charge in [0, 0.05) is 68.4 Å². The minimum Gasteiger partial charge on any atom is -0.340 e. The number of pyridine rings is 1. The third kappa shape index (κ3) is 5.32. The van der Waals surface area contributed by atoms with Crippen molar-refractivity contribution in [3.63, 3.8) is 0 Å². The molecule has 1 saturated heterocycles. The topological polar surface area (TPSA) is 66.6 Å². The van der Waals surface area contributed by atoms with E-state index in [-0.39, 0.29) is 5.91 Å². The van der Waals surface area contributed by atoms with Gasteiger partial charge in [0.1, 0.15) is 11.3 Å². The molecule has 1 aliphatic heterocycles. The molecule has 4 heterocycles. The van der Waals surface area contributed by atoms with Crippen molar-refractivity contribution in [1.82, 2.24) is 29.2 Å². The van der Waals surface area contributed by atoms with E-state index in [2.05, 4.69) is 56.8 Å². The number of allylic oxidation sites excluding steroid dienone is 6. The zero-order valence-corrected chi connectivity index (χ0v) is 24.6. The Kier molecular flexibility index (Phi) is 7.73. The molecule has 41 heavy (non-hydrogen) atoms. The molecule has 210 valence electrons. The minimum atomic E-state index is 0.168. The van der Waals surface area contributed by atoms with Gasteiger partial charge in [-0.05, 0) is 44.4 Å². The number of hydrogen-bond donors (Lipinski definition) is 0. The predicted octanol–water partition coefficient (Wildman–Crippen LogP) is 6.54. The Morgan fingerprint density at radius 2 is 1.80 bits per heavy atom. The van der Waals surface area contributed by atoms with Crippen LogP contribution in [0.5, 0.6) is 0 Å². The number of carbonyl (C=O) groups excluding carboxylic acids is 1. The van der Waals surface area contributed by atoms with Crippen LogP contribution in [0.4, 0.5) is 0 Å². The van der Waals surface area contributed by atoms with Gasteiger partial charge in [0.2, 0.25) is 5.91 Å². The molecule has 0 spiro atoms. The summed E-state index contributed by atoms with van der Waals surface area (Å²) >= 11 is 6.70. The lowest BCUT2D eigenvalue weighted by Crippen LogP contribution is -2.54. The third-order valence-electron chi connectivity index (χ3n) is 8.37. The van der Waals surface area contributed by atoms with Gasteiger partial charge in [-0.25, -0.2) is 15.0 Å². The molecular formula is C33H35ClN6O. The highest BCUT2D eigenvalue weighted by atomic mass is 35.5. The van der Waals surface area contributed by atoms with Crippen molar-refractivity contribution in [2.75, 3.05) is 26.2 Å². The molecule has 4 aromatic rings. The number of piperazine rings is 1. The van der Waals surface area contributed by atoms with E-state index in [1.807, 2.05) is 43.2 Å². The molecule has 6 rings (SSSR count). The van der Waals surface area contributed by atoms with Gasteiger partial charge in [0.05, 0.1) is 16.9 Å². The second kappa shape index (κ2) is 11.6. The van der Waals surface area contributed by atoms with Gasteiger partial charge in [0.25, 0.3) is 0 Å². The number of carbonyl (C=O) groups is 1. The summed E-state index contributed by atoms with van der Waals surface area (Å²) in [5.41, 5.74) is 5.53. The van der Waals surface area contributed by atoms with Crippen molar-refractivity contribution in [2.45, 2.75) is 45.6 Å². The van der Waals surface area contributed by atoms with Gasteiger partial charge in [-0.1, -0.05) is 60.2 Å². The molecule has 1 aliphatic carbocycles. The first-order chi connectivity index (χ1) is 20.0. The lowest BCUT2D eigenvalue weighted by molar-refractivity contribution is -0.131. The molecular weight excluding hydrogens is 532 g/mol. The fourth-order valence-electron chi connectivity index (χ4n) is 6.04. The molecule has 2 fully saturated rings. The Balaban J connectivity index is 1.31. The van der Waals surface area contributed by atoms with E-state index in [9.17, 15) is 4.79 Å². The normalized spacial score (nSPS) is 20.5. The molecule has 1 aromatic carbocycles. The summed E-state index contributed by atoms with van der Waals surface area (Å²) in [5, 5.41) is 1.52. The number of hydrogen-bond acceptors (Lipinski definition) is 5. The van der Waals surface area contributed by atoms with Crippen LogP contribution in [0.2, 0.25) is 5.15 Å². The van der Waals surface area contributed by atoms with Crippen molar-refractivity contribution in [1.29, 1.82) is 0 Å². The fourth-order valence-corrected chi connectivity index (χ4v) is 6.28. The number of aromatic nitrogens is 4. The van der Waals surface area contributed by atoms with E-state index in [1.165, 1.54) is 0 Å². The predicted molar refractivity (Wildman–Crippen MR) is 166 cm³/mol. The summed E-state index contributed by atoms with van der Waals surface area (Å²) < 4.78 is 2.12. The summed E-state index contributed by atoms with van der Waals surface area (Å²) in [5.74, 6) is 1.54. The Morgan fingerprint density at radius 3 is 2.54 bits per heavy atom. The van der Waals surface area contributed by atoms with Crippen molar-refractivity contribution in [2.24, 2.45) is 0 Å². The molecule has 8 heteroatoms. The average molecular weight is 567 g/mol. The fraction of sp³-hybridized carbons (Fsp3) is 0.333. The van der Waals surface area contributed by atoms with Crippen molar-refractivity contribution in [3.8, 4) is 11.3 Å². The third-order valence-corrected chi connectivity index (χ3v) is 8.64. The van der Waals surface area contributed by atoms with Gasteiger partial charge < -0.3 is 4.90 Å². The molecule has 1 amide bonds. The van der Waals surface area contributed by atoms with Crippen LogP contribution in [0.3, 0.4) is 0 Å². The lowest BCUT2D eigenvalue weighted by atomic mass is 9.78. The van der Waals surface area contributed by atoms with Crippen LogP contribution in [0, 0.1) is 0 Å². The molecule has 0 N–H and O–H groups in total. The minimum absolute atomic E-state index is 0.168. The first kappa shape index (κ1) is 27.4. The Labute approximate surface area is 245 Å². The maximum Gasteiger partial charge on any atom is 0.219 e. The molecule has 0 bridgehead atoms. The highest BCUT2D eigenvalue weighted by Gasteiger charge is 2.38. The summed E-state index contributed by atoms with van der Waals surface area (Å²) in [6.45, 7) is 9.18. The van der Waals surface area contributed by atoms with Crippen LogP contribution in [0.15, 0.2) is 73.1 Å². The van der Waals surface area contributed by atoms with Crippen LogP contribution < -0.4 is 0 Å². The van der Waals surface area contributed by atoms with Gasteiger partial charge in [-0.2, -0.15) is 0 Å². The van der Waals surface area contributed by atoms with Crippen LogP contribution in [-0.2, 0) is 4.79 Å². The number of fused-ring (bicyclic) bond motifs is 2. The van der Waals surface area contributed by atoms with Crippen LogP contribution in [0.1, 0.15) is 51.0 Å². The summed E-state index contributed by atoms with van der Waals surface area (Å²) in [4.78, 5) is 30.8. The number of nitrogens with zero attached hydrogens (tertiary/aromatic N) is 6. The van der Waals surface area contributed by atoms with Gasteiger partial charge >= 0.3 is 0 Å². The largest absolute Gasteiger partial charge is 0.340 e. The van der Waals surface area contributed by atoms with E-state index in [0.717, 1.165) is 83.8 Å². The second-order valence-electron chi connectivity index (χ2n) is 10.9. The summed E-state index contributed by atoms with van der Waals surface area (Å²) in [6.07, 6.45) is 16.0. The van der Waals surface area contributed by atoms with Crippen molar-refractivity contribution >= 4 is 39.5 Å². The smallest absolute Gasteiger partial charge is 0.219 e. The first-order valence-electron chi connectivity index (χ1n) is 14.4. The Bertz CT molecular complexity index is 1690. The number of benzene rings is 1. The highest BCUT2D eigenvalue weighted by Crippen LogP contribution is 2.42. The monoisotopic (exact) mass is 566 g/mol. The molecule has 0 radical (unpaired) electrons. The number of imidazole rings is 1. The van der Waals surface area contributed by atoms with E-state index >= 15 is 0 Å². The van der Waals surface area contributed by atoms with Crippen LogP contribution >= 0.6 is 11.6 Å². The molecule has 3 aromatic heterocycles. The second-order valence-corrected chi connectivity index (χ2v) is 11.2. The molecule has 2 aliphatic rings. The molecule has 7 nitrogen and oxygen atoms in total. The summed E-state index contributed by atoms with van der Waals surface area (Å²) in [7, 11) is 0. The van der Waals surface area contributed by atoms with Crippen molar-refractivity contribution in [3.05, 3.63) is 89.8 Å². The highest BCUT2D eigenvalue weighted by molar-refractivity contribution is 6.33. The zero-order chi connectivity index (χ0) is 28.5. The molecule has 1 saturated carbocycles. The lowest BCUT2D eigenvalue weighted by Gasteiger charge is -2.46. The maximum absolute atomic E-state index is 11.7. The zero-order valence-electron chi connectivity index (χ0n) is 23.8. The maximum atomic E-state index is 11.7. The SMILES string of the molecule is C\C=C/C=C(\C=C/C)c1ccc2ccc(-c3nc(C4CC(N5CCN(C(C)=O)CC5)C4)n4ccnc(Cl)c34)cc2n1. The first-order valence-corrected chi connectivity index (χ1v) is 14.7. The van der Waals surface area contributed by atoms with Crippen LogP contribution in [-0.4, -0.2) is 67.3 Å². The van der Waals surface area contributed by atoms with Gasteiger partial charge in [-0.15, -0.1) is 0 Å². The van der Waals surface area contributed by atoms with E-state index in [0.29, 0.717) is 17.1 Å². The van der Waals surface area contributed by atoms with Crippen molar-refractivity contribution < 1.29 is 4.79 Å². The number of halogens is 1. The van der Waals surface area contributed by atoms with Gasteiger partial charge in [-0.3, -0.25) is 14.1 Å². The Hall–Kier alpha value is -3.81. The van der Waals surface area contributed by atoms with Crippen LogP contribution in [0.25, 0.3) is 33.3 Å². The number of rotatable bonds is 6. The van der Waals surface area contributed by atoms with E-state index in [1.54, 1.807) is 13.1 Å². The Morgan fingerprint density at radius 1 is 1.02 bits per heavy atom. The van der Waals surface area contributed by atoms with Gasteiger partial charge in [0.15, 0.2) is 5.15 Å². The standard InChI is InChI=1S/C33H35ClN6O/c1-4-6-8-23(7-5-2)28-12-11-24-9-10-25(21-29(24)36-28)30-31-32(34)35-13-14-40(31)33(37-30)26-19-27(20-26)39-17-15-38(16-18-39)22(3)41/h4-14,21,26-27H,15-20H2,1-3H3/b6-4-,7-5-,23-8+. The molecule has 0 atom stereocenters. The van der Waals surface area contributed by atoms with E-state index in [4.69, 9.17) is 21.6 Å². The van der Waals surface area contributed by atoms with E-state index < -0.39 is 0 Å². The molecule has 0 unspecified atom stereocenters. The summed E-state index contributed by atoms with van der Waals surface area (Å²) in [6, 6.07) is 11.0.